The maximum Gasteiger partial charge on any atom is 2.00 e. The summed E-state index contributed by atoms with van der Waals surface area (Å²) in [4.78, 5) is 34.8. The van der Waals surface area contributed by atoms with Gasteiger partial charge in [0.25, 0.3) is 0 Å². The van der Waals surface area contributed by atoms with Gasteiger partial charge in [0.1, 0.15) is 0 Å². The summed E-state index contributed by atoms with van der Waals surface area (Å²) < 4.78 is 0. The maximum absolute atomic E-state index is 11.6. The molecular formula is C71H87NaO8Pd2. The summed E-state index contributed by atoms with van der Waals surface area (Å²) in [5, 5.41) is 50.5. The molecule has 0 fully saturated rings. The maximum atomic E-state index is 11.6. The second kappa shape index (κ2) is 48.3. The smallest absolute Gasteiger partial charge is 0.850 e. The molecule has 0 aliphatic rings. The van der Waals surface area contributed by atoms with Crippen molar-refractivity contribution in [1.82, 2.24) is 0 Å². The average molecular weight is 1300 g/mol. The van der Waals surface area contributed by atoms with Gasteiger partial charge in [0.05, 0.1) is 0 Å². The molecule has 0 saturated heterocycles. The standard InChI is InChI=1S/3C17H14O.5C4H9O.Na.2Pd/c3*18-17(13-11-15-7-3-1-4-8-15)14-12-16-9-5-2-6-10-16;5*1-4(2,3)5;;;/h3*1-14H;5*1-3H3;;;/q;;;5*-1;+1;2*+2. The van der Waals surface area contributed by atoms with Crippen LogP contribution in [0.1, 0.15) is 137 Å². The molecule has 0 aromatic heterocycles. The van der Waals surface area contributed by atoms with E-state index in [1.807, 2.05) is 218 Å². The molecule has 0 radical (unpaired) electrons. The van der Waals surface area contributed by atoms with Crippen LogP contribution in [-0.4, -0.2) is 45.4 Å². The van der Waals surface area contributed by atoms with Crippen molar-refractivity contribution in [1.29, 1.82) is 0 Å². The molecule has 0 saturated carbocycles. The summed E-state index contributed by atoms with van der Waals surface area (Å²) in [6, 6.07) is 58.7. The van der Waals surface area contributed by atoms with Gasteiger partial charge in [0, 0.05) is 0 Å². The minimum atomic E-state index is -0.750. The molecular weight excluding hydrogens is 1220 g/mol. The van der Waals surface area contributed by atoms with E-state index < -0.39 is 28.0 Å². The van der Waals surface area contributed by atoms with Gasteiger partial charge in [-0.15, -0.1) is 28.0 Å². The van der Waals surface area contributed by atoms with E-state index in [-0.39, 0.29) is 87.8 Å². The number of carbonyl (C=O) groups is 3. The Kier molecular flexibility index (Phi) is 50.5. The average Bonchev–Trinajstić information content (AvgIpc) is 3.35. The van der Waals surface area contributed by atoms with Gasteiger partial charge in [-0.2, -0.15) is 0 Å². The van der Waals surface area contributed by atoms with Gasteiger partial charge < -0.3 is 25.5 Å². The van der Waals surface area contributed by atoms with Crippen LogP contribution in [0.4, 0.5) is 0 Å². The van der Waals surface area contributed by atoms with Crippen LogP contribution in [0.15, 0.2) is 218 Å². The van der Waals surface area contributed by atoms with Gasteiger partial charge in [-0.1, -0.05) is 322 Å². The molecule has 6 aromatic rings. The van der Waals surface area contributed by atoms with Crippen molar-refractivity contribution in [3.63, 3.8) is 0 Å². The summed E-state index contributed by atoms with van der Waals surface area (Å²) in [7, 11) is 0. The molecule has 0 atom stereocenters. The van der Waals surface area contributed by atoms with Crippen LogP contribution < -0.4 is 55.1 Å². The van der Waals surface area contributed by atoms with E-state index in [0.717, 1.165) is 33.4 Å². The zero-order valence-electron chi connectivity index (χ0n) is 51.1. The number of hydrogen-bond acceptors (Lipinski definition) is 8. The Balaban J connectivity index is -0.000000295. The second-order valence-electron chi connectivity index (χ2n) is 22.2. The van der Waals surface area contributed by atoms with Gasteiger partial charge >= 0.3 is 70.4 Å². The van der Waals surface area contributed by atoms with Crippen LogP contribution in [0, 0.1) is 0 Å². The molecule has 82 heavy (non-hydrogen) atoms. The van der Waals surface area contributed by atoms with Crippen molar-refractivity contribution in [3.8, 4) is 0 Å². The largest absolute Gasteiger partial charge is 2.00 e. The second-order valence-corrected chi connectivity index (χ2v) is 22.2. The van der Waals surface area contributed by atoms with Crippen molar-refractivity contribution in [2.45, 2.75) is 132 Å². The number of hydrogen-bond donors (Lipinski definition) is 0. The first-order valence-corrected chi connectivity index (χ1v) is 26.1. The molecule has 0 spiro atoms. The van der Waals surface area contributed by atoms with Crippen LogP contribution >= 0.6 is 0 Å². The summed E-state index contributed by atoms with van der Waals surface area (Å²) in [5.41, 5.74) is 2.41. The molecule has 6 aromatic carbocycles. The Morgan fingerprint density at radius 3 is 0.415 bits per heavy atom. The Morgan fingerprint density at radius 2 is 0.329 bits per heavy atom. The Labute approximate surface area is 543 Å². The van der Waals surface area contributed by atoms with Crippen molar-refractivity contribution >= 4 is 53.8 Å². The molecule has 6 rings (SSSR count). The fourth-order valence-corrected chi connectivity index (χ4v) is 4.62. The predicted molar refractivity (Wildman–Crippen MR) is 327 cm³/mol. The summed E-state index contributed by atoms with van der Waals surface area (Å²) >= 11 is 0. The molecule has 0 aliphatic heterocycles. The fourth-order valence-electron chi connectivity index (χ4n) is 4.62. The molecule has 0 unspecified atom stereocenters. The molecule has 0 amide bonds. The summed E-state index contributed by atoms with van der Waals surface area (Å²) in [6.45, 7) is 24.5. The van der Waals surface area contributed by atoms with Crippen molar-refractivity contribution in [2.75, 3.05) is 0 Å². The minimum Gasteiger partial charge on any atom is -0.850 e. The number of allylic oxidation sites excluding steroid dienone is 6. The van der Waals surface area contributed by atoms with Crippen LogP contribution in [0.2, 0.25) is 0 Å². The van der Waals surface area contributed by atoms with Crippen LogP contribution in [-0.2, 0) is 55.2 Å². The van der Waals surface area contributed by atoms with Gasteiger partial charge in [0.2, 0.25) is 0 Å². The van der Waals surface area contributed by atoms with Gasteiger partial charge in [-0.05, 0) is 69.8 Å². The summed E-state index contributed by atoms with van der Waals surface area (Å²) in [5.74, 6) is -0.0341. The predicted octanol–water partition coefficient (Wildman–Crippen LogP) is 9.67. The topological polar surface area (TPSA) is 167 Å². The number of ketones is 3. The zero-order chi connectivity index (χ0) is 60.4. The van der Waals surface area contributed by atoms with Crippen LogP contribution in [0.3, 0.4) is 0 Å². The molecule has 0 aliphatic carbocycles. The number of rotatable bonds is 12. The molecule has 440 valence electrons. The van der Waals surface area contributed by atoms with Gasteiger partial charge in [-0.25, -0.2) is 0 Å². The van der Waals surface area contributed by atoms with E-state index in [0.29, 0.717) is 0 Å². The van der Waals surface area contributed by atoms with E-state index in [1.165, 1.54) is 0 Å². The van der Waals surface area contributed by atoms with E-state index >= 15 is 0 Å². The van der Waals surface area contributed by atoms with Crippen molar-refractivity contribution in [3.05, 3.63) is 252 Å². The first-order valence-electron chi connectivity index (χ1n) is 26.1. The van der Waals surface area contributed by atoms with E-state index in [1.54, 1.807) is 140 Å². The monoisotopic (exact) mass is 1300 g/mol. The minimum absolute atomic E-state index is 0. The molecule has 11 heteroatoms. The molecule has 0 N–H and O–H groups in total. The molecule has 8 nitrogen and oxygen atoms in total. The first-order chi connectivity index (χ1) is 36.5. The van der Waals surface area contributed by atoms with Crippen LogP contribution in [0.5, 0.6) is 0 Å². The van der Waals surface area contributed by atoms with Crippen LogP contribution in [0.25, 0.3) is 36.5 Å². The number of benzene rings is 6. The SMILES string of the molecule is CC(C)(C)[O-].CC(C)(C)[O-].CC(C)(C)[O-].CC(C)(C)[O-].CC(C)(C)[O-].O=C(C=Cc1ccccc1)C=Cc1ccccc1.O=C(C=Cc1ccccc1)C=Cc1ccccc1.O=C(C=Cc1ccccc1)C=Cc1ccccc1.[Na+].[Pd+2].[Pd+2]. The normalized spacial score (nSPS) is 11.0. The fraction of sp³-hybridized carbons (Fsp3) is 0.282. The number of carbonyl (C=O) groups excluding carboxylic acids is 3. The van der Waals surface area contributed by atoms with Crippen molar-refractivity contribution in [2.24, 2.45) is 0 Å². The summed E-state index contributed by atoms with van der Waals surface area (Å²) in [6.07, 6.45) is 20.4. The Hall–Kier alpha value is -5.11. The molecule has 0 heterocycles. The van der Waals surface area contributed by atoms with E-state index in [2.05, 4.69) is 0 Å². The van der Waals surface area contributed by atoms with E-state index in [9.17, 15) is 39.9 Å². The third-order valence-electron chi connectivity index (χ3n) is 7.44. The Morgan fingerprint density at radius 1 is 0.244 bits per heavy atom. The third kappa shape index (κ3) is 77.0. The first kappa shape index (κ1) is 85.7. The van der Waals surface area contributed by atoms with Gasteiger partial charge in [-0.3, -0.25) is 14.4 Å². The third-order valence-corrected chi connectivity index (χ3v) is 7.44. The van der Waals surface area contributed by atoms with Crippen molar-refractivity contribution < 1.29 is 110 Å². The van der Waals surface area contributed by atoms with Gasteiger partial charge in [0.15, 0.2) is 17.3 Å². The van der Waals surface area contributed by atoms with E-state index in [4.69, 9.17) is 0 Å². The quantitative estimate of drug-likeness (QED) is 0.0863. The molecule has 0 bridgehead atoms. The zero-order valence-corrected chi connectivity index (χ0v) is 56.3. The Bertz CT molecular complexity index is 2180.